The van der Waals surface area contributed by atoms with Crippen LogP contribution in [0.1, 0.15) is 35.9 Å². The van der Waals surface area contributed by atoms with Crippen molar-refractivity contribution in [2.24, 2.45) is 7.05 Å². The molecule has 1 saturated heterocycles. The first-order valence-electron chi connectivity index (χ1n) is 5.92. The monoisotopic (exact) mass is 251 g/mol. The van der Waals surface area contributed by atoms with Gasteiger partial charge in [-0.2, -0.15) is 5.10 Å². The third-order valence-electron chi connectivity index (χ3n) is 3.57. The molecular formula is C12H17N3O3. The maximum absolute atomic E-state index is 12.4. The van der Waals surface area contributed by atoms with Crippen molar-refractivity contribution in [2.75, 3.05) is 6.54 Å². The Labute approximate surface area is 105 Å². The lowest BCUT2D eigenvalue weighted by Crippen LogP contribution is -2.51. The largest absolute Gasteiger partial charge is 0.480 e. The summed E-state index contributed by atoms with van der Waals surface area (Å²) in [5.74, 6) is -1.22. The first kappa shape index (κ1) is 12.6. The normalized spacial score (nSPS) is 23.4. The van der Waals surface area contributed by atoms with E-state index in [1.165, 1.54) is 9.58 Å². The van der Waals surface area contributed by atoms with Gasteiger partial charge in [-0.15, -0.1) is 0 Å². The van der Waals surface area contributed by atoms with Crippen LogP contribution in [0, 0.1) is 6.92 Å². The topological polar surface area (TPSA) is 75.4 Å². The molecule has 1 aliphatic heterocycles. The zero-order chi connectivity index (χ0) is 13.5. The number of carboxylic acids is 1. The van der Waals surface area contributed by atoms with Crippen LogP contribution in [0.2, 0.25) is 0 Å². The molecule has 1 amide bonds. The number of likely N-dealkylation sites (tertiary alicyclic amines) is 1. The number of aliphatic carboxylic acids is 1. The second-order valence-electron chi connectivity index (χ2n) is 4.93. The number of carboxylic acid groups (broad SMARTS) is 1. The van der Waals surface area contributed by atoms with Crippen LogP contribution < -0.4 is 0 Å². The van der Waals surface area contributed by atoms with Gasteiger partial charge >= 0.3 is 5.97 Å². The summed E-state index contributed by atoms with van der Waals surface area (Å²) >= 11 is 0. The first-order chi connectivity index (χ1) is 8.36. The SMILES string of the molecule is Cc1cc(C(=O)N2CCCC2(C)C(=O)O)n(C)n1. The minimum absolute atomic E-state index is 0.263. The van der Waals surface area contributed by atoms with Crippen LogP contribution in [0.15, 0.2) is 6.07 Å². The first-order valence-corrected chi connectivity index (χ1v) is 5.92. The van der Waals surface area contributed by atoms with Gasteiger partial charge in [0, 0.05) is 13.6 Å². The molecule has 98 valence electrons. The number of nitrogens with zero attached hydrogens (tertiary/aromatic N) is 3. The molecule has 1 aromatic rings. The van der Waals surface area contributed by atoms with Crippen molar-refractivity contribution < 1.29 is 14.7 Å². The molecule has 18 heavy (non-hydrogen) atoms. The van der Waals surface area contributed by atoms with Crippen molar-refractivity contribution in [3.63, 3.8) is 0 Å². The van der Waals surface area contributed by atoms with Crippen LogP contribution >= 0.6 is 0 Å². The highest BCUT2D eigenvalue weighted by atomic mass is 16.4. The Morgan fingerprint density at radius 2 is 2.17 bits per heavy atom. The van der Waals surface area contributed by atoms with Crippen LogP contribution in [-0.2, 0) is 11.8 Å². The lowest BCUT2D eigenvalue weighted by Gasteiger charge is -2.31. The van der Waals surface area contributed by atoms with Crippen LogP contribution in [0.3, 0.4) is 0 Å². The molecule has 1 aliphatic rings. The number of hydrogen-bond acceptors (Lipinski definition) is 3. The highest BCUT2D eigenvalue weighted by Crippen LogP contribution is 2.30. The van der Waals surface area contributed by atoms with Gasteiger partial charge in [0.05, 0.1) is 5.69 Å². The second kappa shape index (κ2) is 4.12. The van der Waals surface area contributed by atoms with Crippen LogP contribution in [0.5, 0.6) is 0 Å². The number of amides is 1. The molecular weight excluding hydrogens is 234 g/mol. The summed E-state index contributed by atoms with van der Waals surface area (Å²) in [7, 11) is 1.69. The fourth-order valence-electron chi connectivity index (χ4n) is 2.46. The lowest BCUT2D eigenvalue weighted by molar-refractivity contribution is -0.147. The molecule has 0 aromatic carbocycles. The van der Waals surface area contributed by atoms with Crippen LogP contribution in [0.25, 0.3) is 0 Å². The Balaban J connectivity index is 2.34. The van der Waals surface area contributed by atoms with Crippen molar-refractivity contribution in [3.8, 4) is 0 Å². The van der Waals surface area contributed by atoms with Crippen molar-refractivity contribution in [3.05, 3.63) is 17.5 Å². The van der Waals surface area contributed by atoms with Gasteiger partial charge in [-0.3, -0.25) is 9.48 Å². The maximum Gasteiger partial charge on any atom is 0.329 e. The zero-order valence-corrected chi connectivity index (χ0v) is 10.8. The van der Waals surface area contributed by atoms with E-state index < -0.39 is 11.5 Å². The molecule has 6 nitrogen and oxygen atoms in total. The molecule has 0 bridgehead atoms. The molecule has 0 spiro atoms. The molecule has 0 aliphatic carbocycles. The molecule has 1 N–H and O–H groups in total. The summed E-state index contributed by atoms with van der Waals surface area (Å²) in [5, 5.41) is 13.4. The Hall–Kier alpha value is -1.85. The Morgan fingerprint density at radius 1 is 1.50 bits per heavy atom. The van der Waals surface area contributed by atoms with Gasteiger partial charge in [0.1, 0.15) is 11.2 Å². The van der Waals surface area contributed by atoms with Gasteiger partial charge in [0.2, 0.25) is 0 Å². The third kappa shape index (κ3) is 1.77. The van der Waals surface area contributed by atoms with Gasteiger partial charge in [-0.1, -0.05) is 0 Å². The van der Waals surface area contributed by atoms with E-state index in [9.17, 15) is 14.7 Å². The van der Waals surface area contributed by atoms with E-state index >= 15 is 0 Å². The quantitative estimate of drug-likeness (QED) is 0.844. The third-order valence-corrected chi connectivity index (χ3v) is 3.57. The van der Waals surface area contributed by atoms with Crippen LogP contribution in [-0.4, -0.2) is 43.7 Å². The molecule has 1 aromatic heterocycles. The number of aromatic nitrogens is 2. The maximum atomic E-state index is 12.4. The minimum Gasteiger partial charge on any atom is -0.480 e. The average Bonchev–Trinajstić information content (AvgIpc) is 2.82. The molecule has 0 radical (unpaired) electrons. The predicted octanol–water partition coefficient (Wildman–Crippen LogP) is 0.808. The van der Waals surface area contributed by atoms with E-state index in [-0.39, 0.29) is 5.91 Å². The summed E-state index contributed by atoms with van der Waals surface area (Å²) in [4.78, 5) is 25.2. The number of carbonyl (C=O) groups is 2. The molecule has 2 rings (SSSR count). The van der Waals surface area contributed by atoms with Gasteiger partial charge in [-0.25, -0.2) is 4.79 Å². The van der Waals surface area contributed by atoms with E-state index in [0.29, 0.717) is 25.1 Å². The Bertz CT molecular complexity index is 509. The van der Waals surface area contributed by atoms with E-state index in [1.54, 1.807) is 27.0 Å². The average molecular weight is 251 g/mol. The zero-order valence-electron chi connectivity index (χ0n) is 10.8. The fourth-order valence-corrected chi connectivity index (χ4v) is 2.46. The van der Waals surface area contributed by atoms with E-state index in [0.717, 1.165) is 5.69 Å². The molecule has 1 fully saturated rings. The summed E-state index contributed by atoms with van der Waals surface area (Å²) in [5.41, 5.74) is 0.0777. The fraction of sp³-hybridized carbons (Fsp3) is 0.583. The molecule has 1 atom stereocenters. The summed E-state index contributed by atoms with van der Waals surface area (Å²) in [6, 6.07) is 1.68. The van der Waals surface area contributed by atoms with Crippen molar-refractivity contribution in [1.82, 2.24) is 14.7 Å². The van der Waals surface area contributed by atoms with Crippen molar-refractivity contribution in [1.29, 1.82) is 0 Å². The molecule has 0 saturated carbocycles. The number of hydrogen-bond donors (Lipinski definition) is 1. The Kier molecular flexibility index (Phi) is 2.88. The summed E-state index contributed by atoms with van der Waals surface area (Å²) in [6.45, 7) is 3.88. The van der Waals surface area contributed by atoms with Gasteiger partial charge < -0.3 is 10.0 Å². The number of aryl methyl sites for hydroxylation is 2. The van der Waals surface area contributed by atoms with Crippen molar-refractivity contribution >= 4 is 11.9 Å². The smallest absolute Gasteiger partial charge is 0.329 e. The standard InChI is InChI=1S/C12H17N3O3/c1-8-7-9(14(3)13-8)10(16)15-6-4-5-12(15,2)11(17)18/h7H,4-6H2,1-3H3,(H,17,18). The van der Waals surface area contributed by atoms with Crippen LogP contribution in [0.4, 0.5) is 0 Å². The second-order valence-corrected chi connectivity index (χ2v) is 4.93. The number of rotatable bonds is 2. The van der Waals surface area contributed by atoms with Gasteiger partial charge in [0.15, 0.2) is 0 Å². The van der Waals surface area contributed by atoms with Gasteiger partial charge in [0.25, 0.3) is 5.91 Å². The van der Waals surface area contributed by atoms with E-state index in [4.69, 9.17) is 0 Å². The molecule has 6 heteroatoms. The molecule has 2 heterocycles. The van der Waals surface area contributed by atoms with E-state index in [1.807, 2.05) is 0 Å². The number of carbonyl (C=O) groups excluding carboxylic acids is 1. The molecule has 1 unspecified atom stereocenters. The highest BCUT2D eigenvalue weighted by molar-refractivity contribution is 5.97. The summed E-state index contributed by atoms with van der Waals surface area (Å²) < 4.78 is 1.50. The van der Waals surface area contributed by atoms with Gasteiger partial charge in [-0.05, 0) is 32.8 Å². The lowest BCUT2D eigenvalue weighted by atomic mass is 9.99. The van der Waals surface area contributed by atoms with Crippen molar-refractivity contribution in [2.45, 2.75) is 32.2 Å². The highest BCUT2D eigenvalue weighted by Gasteiger charge is 2.46. The predicted molar refractivity (Wildman–Crippen MR) is 64.3 cm³/mol. The summed E-state index contributed by atoms with van der Waals surface area (Å²) in [6.07, 6.45) is 1.20. The minimum atomic E-state index is -1.10. The van der Waals surface area contributed by atoms with E-state index in [2.05, 4.69) is 5.10 Å². The Morgan fingerprint density at radius 3 is 2.67 bits per heavy atom.